The second-order valence-electron chi connectivity index (χ2n) is 5.42. The Morgan fingerprint density at radius 3 is 2.67 bits per heavy atom. The molecule has 5 nitrogen and oxygen atoms in total. The molecule has 0 saturated carbocycles. The van der Waals surface area contributed by atoms with Crippen molar-refractivity contribution >= 4 is 6.03 Å². The van der Waals surface area contributed by atoms with Crippen LogP contribution in [0.2, 0.25) is 0 Å². The van der Waals surface area contributed by atoms with Gasteiger partial charge in [-0.25, -0.2) is 4.79 Å². The van der Waals surface area contributed by atoms with E-state index in [1.807, 2.05) is 13.8 Å². The largest absolute Gasteiger partial charge is 0.379 e. The van der Waals surface area contributed by atoms with Crippen LogP contribution in [0.25, 0.3) is 0 Å². The van der Waals surface area contributed by atoms with Crippen LogP contribution >= 0.6 is 0 Å². The molecule has 2 N–H and O–H groups in total. The van der Waals surface area contributed by atoms with Crippen molar-refractivity contribution in [2.24, 2.45) is 5.92 Å². The van der Waals surface area contributed by atoms with E-state index < -0.39 is 0 Å². The minimum Gasteiger partial charge on any atom is -0.379 e. The molecule has 18 heavy (non-hydrogen) atoms. The fraction of sp³-hybridized carbons (Fsp3) is 0.923. The number of carbonyl (C=O) groups excluding carboxylic acids is 1. The summed E-state index contributed by atoms with van der Waals surface area (Å²) in [4.78, 5) is 11.7. The van der Waals surface area contributed by atoms with Gasteiger partial charge in [0, 0.05) is 13.2 Å². The lowest BCUT2D eigenvalue weighted by Crippen LogP contribution is -2.48. The van der Waals surface area contributed by atoms with Crippen molar-refractivity contribution in [3.8, 4) is 0 Å². The average Bonchev–Trinajstić information content (AvgIpc) is 2.63. The molecule has 1 saturated heterocycles. The molecule has 0 aromatic heterocycles. The molecule has 0 bridgehead atoms. The summed E-state index contributed by atoms with van der Waals surface area (Å²) in [5.41, 5.74) is 0. The van der Waals surface area contributed by atoms with Crippen LogP contribution in [0.1, 0.15) is 34.1 Å². The Morgan fingerprint density at radius 2 is 2.11 bits per heavy atom. The highest BCUT2D eigenvalue weighted by Crippen LogP contribution is 2.12. The molecule has 3 atom stereocenters. The number of hydrogen-bond donors (Lipinski definition) is 2. The van der Waals surface area contributed by atoms with Crippen molar-refractivity contribution in [3.05, 3.63) is 0 Å². The van der Waals surface area contributed by atoms with Gasteiger partial charge in [0.15, 0.2) is 0 Å². The molecular formula is C13H26N2O3. The van der Waals surface area contributed by atoms with E-state index in [9.17, 15) is 4.79 Å². The van der Waals surface area contributed by atoms with E-state index in [0.29, 0.717) is 12.5 Å². The number of rotatable bonds is 6. The number of urea groups is 1. The smallest absolute Gasteiger partial charge is 0.315 e. The van der Waals surface area contributed by atoms with Crippen LogP contribution < -0.4 is 10.6 Å². The summed E-state index contributed by atoms with van der Waals surface area (Å²) in [7, 11) is 0. The van der Waals surface area contributed by atoms with Crippen LogP contribution in [0.4, 0.5) is 4.79 Å². The van der Waals surface area contributed by atoms with Crippen LogP contribution in [-0.2, 0) is 9.47 Å². The molecule has 1 rings (SSSR count). The quantitative estimate of drug-likeness (QED) is 0.759. The van der Waals surface area contributed by atoms with Crippen LogP contribution in [0.3, 0.4) is 0 Å². The fourth-order valence-corrected chi connectivity index (χ4v) is 1.88. The molecular weight excluding hydrogens is 232 g/mol. The summed E-state index contributed by atoms with van der Waals surface area (Å²) in [5.74, 6) is 0.516. The number of nitrogens with one attached hydrogen (secondary N) is 2. The standard InChI is InChI=1S/C13H26N2O3/c1-9(2)7-17-8-10(3)14-13(16)15-12-5-6-18-11(12)4/h9-12H,5-8H2,1-4H3,(H2,14,15,16)/t10-,11-,12-/m0/s1. The molecule has 106 valence electrons. The first-order valence-corrected chi connectivity index (χ1v) is 6.75. The third kappa shape index (κ3) is 5.69. The minimum absolute atomic E-state index is 0.0152. The molecule has 1 fully saturated rings. The highest BCUT2D eigenvalue weighted by molar-refractivity contribution is 5.74. The maximum atomic E-state index is 11.7. The summed E-state index contributed by atoms with van der Waals surface area (Å²) in [6.45, 7) is 10.1. The van der Waals surface area contributed by atoms with Crippen molar-refractivity contribution in [3.63, 3.8) is 0 Å². The SMILES string of the molecule is CC(C)COC[C@H](C)NC(=O)N[C@H]1CCO[C@H]1C. The third-order valence-corrected chi connectivity index (χ3v) is 2.89. The van der Waals surface area contributed by atoms with Crippen molar-refractivity contribution in [2.75, 3.05) is 19.8 Å². The predicted molar refractivity (Wildman–Crippen MR) is 70.6 cm³/mol. The second-order valence-corrected chi connectivity index (χ2v) is 5.42. The van der Waals surface area contributed by atoms with Gasteiger partial charge in [-0.2, -0.15) is 0 Å². The lowest BCUT2D eigenvalue weighted by atomic mass is 10.2. The van der Waals surface area contributed by atoms with E-state index in [1.54, 1.807) is 0 Å². The van der Waals surface area contributed by atoms with Crippen LogP contribution in [0.15, 0.2) is 0 Å². The van der Waals surface area contributed by atoms with Gasteiger partial charge in [0.25, 0.3) is 0 Å². The zero-order valence-electron chi connectivity index (χ0n) is 11.9. The zero-order chi connectivity index (χ0) is 13.5. The Balaban J connectivity index is 2.14. The zero-order valence-corrected chi connectivity index (χ0v) is 11.9. The Hall–Kier alpha value is -0.810. The second kappa shape index (κ2) is 7.59. The molecule has 2 amide bonds. The Bertz CT molecular complexity index is 259. The minimum atomic E-state index is -0.141. The first-order chi connectivity index (χ1) is 8.49. The van der Waals surface area contributed by atoms with E-state index in [4.69, 9.17) is 9.47 Å². The van der Waals surface area contributed by atoms with Crippen LogP contribution in [0.5, 0.6) is 0 Å². The first-order valence-electron chi connectivity index (χ1n) is 6.75. The summed E-state index contributed by atoms with van der Waals surface area (Å²) in [6.07, 6.45) is 0.982. The highest BCUT2D eigenvalue weighted by Gasteiger charge is 2.25. The van der Waals surface area contributed by atoms with Crippen LogP contribution in [-0.4, -0.2) is 44.0 Å². The molecule has 5 heteroatoms. The lowest BCUT2D eigenvalue weighted by molar-refractivity contribution is 0.0943. The number of amides is 2. The molecule has 0 spiro atoms. The van der Waals surface area contributed by atoms with Gasteiger partial charge in [0.05, 0.1) is 24.8 Å². The molecule has 0 aromatic rings. The van der Waals surface area contributed by atoms with E-state index in [0.717, 1.165) is 19.6 Å². The van der Waals surface area contributed by atoms with Gasteiger partial charge in [-0.3, -0.25) is 0 Å². The number of carbonyl (C=O) groups is 1. The molecule has 0 radical (unpaired) electrons. The third-order valence-electron chi connectivity index (χ3n) is 2.89. The van der Waals surface area contributed by atoms with Gasteiger partial charge in [-0.05, 0) is 26.2 Å². The van der Waals surface area contributed by atoms with Crippen molar-refractivity contribution < 1.29 is 14.3 Å². The maximum absolute atomic E-state index is 11.7. The van der Waals surface area contributed by atoms with E-state index in [-0.39, 0.29) is 24.2 Å². The normalized spacial score (nSPS) is 25.2. The van der Waals surface area contributed by atoms with Gasteiger partial charge < -0.3 is 20.1 Å². The number of hydrogen-bond acceptors (Lipinski definition) is 3. The maximum Gasteiger partial charge on any atom is 0.315 e. The Kier molecular flexibility index (Phi) is 6.43. The van der Waals surface area contributed by atoms with Crippen molar-refractivity contribution in [2.45, 2.75) is 52.3 Å². The molecule has 1 heterocycles. The van der Waals surface area contributed by atoms with Crippen molar-refractivity contribution in [1.82, 2.24) is 10.6 Å². The summed E-state index contributed by atoms with van der Waals surface area (Å²) < 4.78 is 10.9. The van der Waals surface area contributed by atoms with Gasteiger partial charge in [-0.15, -0.1) is 0 Å². The van der Waals surface area contributed by atoms with Gasteiger partial charge in [0.1, 0.15) is 0 Å². The highest BCUT2D eigenvalue weighted by atomic mass is 16.5. The predicted octanol–water partition coefficient (Wildman–Crippen LogP) is 1.52. The van der Waals surface area contributed by atoms with Crippen molar-refractivity contribution in [1.29, 1.82) is 0 Å². The molecule has 1 aliphatic heterocycles. The number of ether oxygens (including phenoxy) is 2. The van der Waals surface area contributed by atoms with E-state index >= 15 is 0 Å². The van der Waals surface area contributed by atoms with E-state index in [2.05, 4.69) is 24.5 Å². The first kappa shape index (κ1) is 15.2. The molecule has 0 aromatic carbocycles. The lowest BCUT2D eigenvalue weighted by Gasteiger charge is -2.19. The van der Waals surface area contributed by atoms with Gasteiger partial charge in [-0.1, -0.05) is 13.8 Å². The van der Waals surface area contributed by atoms with Gasteiger partial charge in [0.2, 0.25) is 0 Å². The molecule has 0 unspecified atom stereocenters. The summed E-state index contributed by atoms with van der Waals surface area (Å²) in [5, 5.41) is 5.80. The molecule has 0 aliphatic carbocycles. The average molecular weight is 258 g/mol. The van der Waals surface area contributed by atoms with E-state index in [1.165, 1.54) is 0 Å². The Morgan fingerprint density at radius 1 is 1.39 bits per heavy atom. The van der Waals surface area contributed by atoms with Gasteiger partial charge >= 0.3 is 6.03 Å². The summed E-state index contributed by atoms with van der Waals surface area (Å²) in [6, 6.07) is -0.00634. The topological polar surface area (TPSA) is 59.6 Å². The van der Waals surface area contributed by atoms with Crippen LogP contribution in [0, 0.1) is 5.92 Å². The Labute approximate surface area is 110 Å². The summed E-state index contributed by atoms with van der Waals surface area (Å²) >= 11 is 0. The molecule has 1 aliphatic rings. The fourth-order valence-electron chi connectivity index (χ4n) is 1.88. The monoisotopic (exact) mass is 258 g/mol.